The Morgan fingerprint density at radius 2 is 1.79 bits per heavy atom. The second-order valence-electron chi connectivity index (χ2n) is 6.16. The zero-order valence-electron chi connectivity index (χ0n) is 14.3. The lowest BCUT2D eigenvalue weighted by molar-refractivity contribution is 0.331. The van der Waals surface area contributed by atoms with Gasteiger partial charge in [-0.2, -0.15) is 5.10 Å². The highest BCUT2D eigenvalue weighted by Gasteiger charge is 2.11. The number of likely N-dealkylation sites (tertiary alicyclic amines) is 1. The van der Waals surface area contributed by atoms with E-state index in [1.54, 1.807) is 13.2 Å². The zero-order chi connectivity index (χ0) is 16.6. The van der Waals surface area contributed by atoms with Crippen LogP contribution in [0.25, 0.3) is 0 Å². The fourth-order valence-electron chi connectivity index (χ4n) is 2.93. The van der Waals surface area contributed by atoms with Crippen molar-refractivity contribution in [1.29, 1.82) is 0 Å². The summed E-state index contributed by atoms with van der Waals surface area (Å²) in [5, 5.41) is 13.5. The monoisotopic (exact) mass is 326 g/mol. The van der Waals surface area contributed by atoms with Gasteiger partial charge in [-0.15, -0.1) is 0 Å². The summed E-state index contributed by atoms with van der Waals surface area (Å²) in [6, 6.07) is 10.8. The van der Waals surface area contributed by atoms with E-state index in [2.05, 4.69) is 55.0 Å². The van der Waals surface area contributed by atoms with Crippen molar-refractivity contribution in [1.82, 2.24) is 25.7 Å². The average molecular weight is 326 g/mol. The molecule has 6 heteroatoms. The smallest absolute Gasteiger partial charge is 0.191 e. The first kappa shape index (κ1) is 16.5. The molecular formula is C18H26N6. The summed E-state index contributed by atoms with van der Waals surface area (Å²) < 4.78 is 0. The van der Waals surface area contributed by atoms with Gasteiger partial charge in [0.1, 0.15) is 0 Å². The third kappa shape index (κ3) is 4.83. The summed E-state index contributed by atoms with van der Waals surface area (Å²) in [6.07, 6.45) is 4.43. The second-order valence-corrected chi connectivity index (χ2v) is 6.16. The Kier molecular flexibility index (Phi) is 5.85. The first-order chi connectivity index (χ1) is 11.8. The van der Waals surface area contributed by atoms with Gasteiger partial charge in [0.25, 0.3) is 0 Å². The Bertz CT molecular complexity index is 626. The first-order valence-electron chi connectivity index (χ1n) is 8.56. The molecule has 0 unspecified atom stereocenters. The van der Waals surface area contributed by atoms with Crippen LogP contribution in [0.5, 0.6) is 0 Å². The van der Waals surface area contributed by atoms with Gasteiger partial charge in [-0.05, 0) is 43.1 Å². The van der Waals surface area contributed by atoms with Crippen LogP contribution in [-0.2, 0) is 19.6 Å². The quantitative estimate of drug-likeness (QED) is 0.560. The van der Waals surface area contributed by atoms with Crippen LogP contribution in [0.3, 0.4) is 0 Å². The molecule has 1 fully saturated rings. The van der Waals surface area contributed by atoms with Crippen LogP contribution < -0.4 is 10.6 Å². The fraction of sp³-hybridized carbons (Fsp3) is 0.444. The maximum Gasteiger partial charge on any atom is 0.191 e. The van der Waals surface area contributed by atoms with Crippen LogP contribution >= 0.6 is 0 Å². The molecule has 1 aromatic heterocycles. The SMILES string of the molecule is CN=C(NCc1ccc(CN2CCCC2)cc1)NCc1ccn[nH]1. The van der Waals surface area contributed by atoms with Crippen molar-refractivity contribution in [2.75, 3.05) is 20.1 Å². The van der Waals surface area contributed by atoms with Crippen molar-refractivity contribution < 1.29 is 0 Å². The van der Waals surface area contributed by atoms with Crippen LogP contribution in [0.1, 0.15) is 29.7 Å². The van der Waals surface area contributed by atoms with Crippen molar-refractivity contribution >= 4 is 5.96 Å². The maximum absolute atomic E-state index is 4.24. The molecule has 1 saturated heterocycles. The van der Waals surface area contributed by atoms with E-state index >= 15 is 0 Å². The summed E-state index contributed by atoms with van der Waals surface area (Å²) in [7, 11) is 1.78. The number of hydrogen-bond acceptors (Lipinski definition) is 3. The van der Waals surface area contributed by atoms with Crippen molar-refractivity contribution in [2.45, 2.75) is 32.5 Å². The summed E-state index contributed by atoms with van der Waals surface area (Å²) >= 11 is 0. The predicted octanol–water partition coefficient (Wildman–Crippen LogP) is 1.87. The third-order valence-electron chi connectivity index (χ3n) is 4.32. The van der Waals surface area contributed by atoms with E-state index in [9.17, 15) is 0 Å². The Balaban J connectivity index is 1.44. The normalized spacial score (nSPS) is 15.6. The van der Waals surface area contributed by atoms with E-state index in [0.29, 0.717) is 6.54 Å². The molecule has 0 atom stereocenters. The van der Waals surface area contributed by atoms with E-state index in [-0.39, 0.29) is 0 Å². The van der Waals surface area contributed by atoms with E-state index in [0.717, 1.165) is 24.7 Å². The molecule has 128 valence electrons. The molecule has 2 aromatic rings. The molecule has 0 radical (unpaired) electrons. The van der Waals surface area contributed by atoms with Gasteiger partial charge in [0.05, 0.1) is 12.2 Å². The Morgan fingerprint density at radius 1 is 1.08 bits per heavy atom. The fourth-order valence-corrected chi connectivity index (χ4v) is 2.93. The molecule has 0 bridgehead atoms. The molecular weight excluding hydrogens is 300 g/mol. The van der Waals surface area contributed by atoms with Gasteiger partial charge in [0.15, 0.2) is 5.96 Å². The summed E-state index contributed by atoms with van der Waals surface area (Å²) in [4.78, 5) is 6.76. The lowest BCUT2D eigenvalue weighted by Crippen LogP contribution is -2.36. The highest BCUT2D eigenvalue weighted by molar-refractivity contribution is 5.79. The number of benzene rings is 1. The highest BCUT2D eigenvalue weighted by Crippen LogP contribution is 2.13. The molecule has 0 spiro atoms. The minimum Gasteiger partial charge on any atom is -0.352 e. The number of H-pyrrole nitrogens is 1. The molecule has 0 aliphatic carbocycles. The van der Waals surface area contributed by atoms with Gasteiger partial charge in [0, 0.05) is 26.3 Å². The van der Waals surface area contributed by atoms with Crippen LogP contribution in [0, 0.1) is 0 Å². The van der Waals surface area contributed by atoms with Gasteiger partial charge in [-0.1, -0.05) is 24.3 Å². The molecule has 3 N–H and O–H groups in total. The predicted molar refractivity (Wildman–Crippen MR) is 96.6 cm³/mol. The van der Waals surface area contributed by atoms with Crippen molar-refractivity contribution in [2.24, 2.45) is 4.99 Å². The molecule has 3 rings (SSSR count). The average Bonchev–Trinajstić information content (AvgIpc) is 3.30. The van der Waals surface area contributed by atoms with Crippen LogP contribution in [-0.4, -0.2) is 41.2 Å². The first-order valence-corrected chi connectivity index (χ1v) is 8.56. The highest BCUT2D eigenvalue weighted by atomic mass is 15.2. The Labute approximate surface area is 143 Å². The van der Waals surface area contributed by atoms with E-state index < -0.39 is 0 Å². The van der Waals surface area contributed by atoms with E-state index in [1.165, 1.54) is 37.1 Å². The van der Waals surface area contributed by atoms with Gasteiger partial charge >= 0.3 is 0 Å². The molecule has 1 aliphatic rings. The standard InChI is InChI=1S/C18H26N6/c1-19-18(21-13-17-8-9-22-23-17)20-12-15-4-6-16(7-5-15)14-24-10-2-3-11-24/h4-9H,2-3,10-14H2,1H3,(H,22,23)(H2,19,20,21). The molecule has 1 aromatic carbocycles. The molecule has 0 amide bonds. The topological polar surface area (TPSA) is 68.3 Å². The summed E-state index contributed by atoms with van der Waals surface area (Å²) in [6.45, 7) is 4.98. The van der Waals surface area contributed by atoms with Crippen LogP contribution in [0.4, 0.5) is 0 Å². The molecule has 2 heterocycles. The number of hydrogen-bond donors (Lipinski definition) is 3. The lowest BCUT2D eigenvalue weighted by atomic mass is 10.1. The number of nitrogens with one attached hydrogen (secondary N) is 3. The van der Waals surface area contributed by atoms with Crippen molar-refractivity contribution in [3.63, 3.8) is 0 Å². The number of aromatic amines is 1. The lowest BCUT2D eigenvalue weighted by Gasteiger charge is -2.15. The van der Waals surface area contributed by atoms with Crippen molar-refractivity contribution in [3.8, 4) is 0 Å². The largest absolute Gasteiger partial charge is 0.352 e. The number of rotatable bonds is 6. The Morgan fingerprint density at radius 3 is 2.46 bits per heavy atom. The third-order valence-corrected chi connectivity index (χ3v) is 4.32. The number of guanidine groups is 1. The van der Waals surface area contributed by atoms with Crippen LogP contribution in [0.15, 0.2) is 41.5 Å². The molecule has 6 nitrogen and oxygen atoms in total. The maximum atomic E-state index is 4.24. The molecule has 1 aliphatic heterocycles. The molecule has 24 heavy (non-hydrogen) atoms. The summed E-state index contributed by atoms with van der Waals surface area (Å²) in [5.41, 5.74) is 3.68. The van der Waals surface area contributed by atoms with E-state index in [4.69, 9.17) is 0 Å². The number of aliphatic imine (C=N–C) groups is 1. The van der Waals surface area contributed by atoms with Gasteiger partial charge < -0.3 is 10.6 Å². The van der Waals surface area contributed by atoms with Gasteiger partial charge in [-0.25, -0.2) is 0 Å². The minimum absolute atomic E-state index is 0.675. The zero-order valence-corrected chi connectivity index (χ0v) is 14.3. The van der Waals surface area contributed by atoms with Crippen LogP contribution in [0.2, 0.25) is 0 Å². The Hall–Kier alpha value is -2.34. The van der Waals surface area contributed by atoms with E-state index in [1.807, 2.05) is 6.07 Å². The summed E-state index contributed by atoms with van der Waals surface area (Å²) in [5.74, 6) is 0.783. The van der Waals surface area contributed by atoms with Gasteiger partial charge in [0.2, 0.25) is 0 Å². The van der Waals surface area contributed by atoms with Gasteiger partial charge in [-0.3, -0.25) is 15.0 Å². The minimum atomic E-state index is 0.675. The second kappa shape index (κ2) is 8.49. The van der Waals surface area contributed by atoms with Crippen molar-refractivity contribution in [3.05, 3.63) is 53.3 Å². The number of aromatic nitrogens is 2. The molecule has 0 saturated carbocycles. The number of nitrogens with zero attached hydrogens (tertiary/aromatic N) is 3.